The lowest BCUT2D eigenvalue weighted by Gasteiger charge is -2.37. The zero-order valence-corrected chi connectivity index (χ0v) is 18.3. The van der Waals surface area contributed by atoms with Crippen LogP contribution in [0.3, 0.4) is 0 Å². The number of aryl methyl sites for hydroxylation is 2. The number of amides is 5. The van der Waals surface area contributed by atoms with Gasteiger partial charge in [0, 0.05) is 29.2 Å². The summed E-state index contributed by atoms with van der Waals surface area (Å²) in [4.78, 5) is 51.4. The number of nitrogens with one attached hydrogen (secondary N) is 2. The van der Waals surface area contributed by atoms with Gasteiger partial charge in [-0.3, -0.25) is 19.3 Å². The Morgan fingerprint density at radius 1 is 1.21 bits per heavy atom. The first kappa shape index (κ1) is 21.3. The number of piperidine rings is 1. The predicted molar refractivity (Wildman–Crippen MR) is 110 cm³/mol. The number of imide groups is 1. The van der Waals surface area contributed by atoms with Crippen LogP contribution in [-0.4, -0.2) is 65.8 Å². The van der Waals surface area contributed by atoms with Crippen molar-refractivity contribution < 1.29 is 19.2 Å². The number of benzene rings is 1. The highest BCUT2D eigenvalue weighted by atomic mass is 79.9. The standard InChI is InChI=1S/C20H25BrN4O4/c1-11-4-14(23-19(28)15-6-16(21)13(3)5-12(15)2)9-24(8-11)18(27)10-25-17(26)7-22-20(25)29/h5-6,11,14H,4,7-10H2,1-3H3,(H,22,29)(H,23,28). The maximum atomic E-state index is 12.8. The second kappa shape index (κ2) is 8.52. The Kier molecular flexibility index (Phi) is 6.26. The van der Waals surface area contributed by atoms with Crippen molar-refractivity contribution in [3.05, 3.63) is 33.3 Å². The maximum Gasteiger partial charge on any atom is 0.325 e. The number of halogens is 1. The molecule has 0 saturated carbocycles. The van der Waals surface area contributed by atoms with Gasteiger partial charge in [-0.05, 0) is 43.4 Å². The summed E-state index contributed by atoms with van der Waals surface area (Å²) in [5, 5.41) is 5.44. The molecule has 2 aliphatic heterocycles. The van der Waals surface area contributed by atoms with Crippen LogP contribution in [0.15, 0.2) is 16.6 Å². The fraction of sp³-hybridized carbons (Fsp3) is 0.500. The Balaban J connectivity index is 1.66. The summed E-state index contributed by atoms with van der Waals surface area (Å²) in [6.07, 6.45) is 0.755. The highest BCUT2D eigenvalue weighted by molar-refractivity contribution is 9.10. The molecule has 1 aromatic carbocycles. The molecule has 9 heteroatoms. The normalized spacial score (nSPS) is 21.9. The van der Waals surface area contributed by atoms with E-state index in [0.29, 0.717) is 18.7 Å². The van der Waals surface area contributed by atoms with Gasteiger partial charge >= 0.3 is 6.03 Å². The van der Waals surface area contributed by atoms with Crippen LogP contribution in [0.4, 0.5) is 4.79 Å². The summed E-state index contributed by atoms with van der Waals surface area (Å²) in [6, 6.07) is 3.03. The van der Waals surface area contributed by atoms with Gasteiger partial charge < -0.3 is 15.5 Å². The van der Waals surface area contributed by atoms with Gasteiger partial charge in [0.1, 0.15) is 6.54 Å². The molecule has 29 heavy (non-hydrogen) atoms. The number of urea groups is 1. The van der Waals surface area contributed by atoms with Crippen LogP contribution in [-0.2, 0) is 9.59 Å². The summed E-state index contributed by atoms with van der Waals surface area (Å²) in [7, 11) is 0. The van der Waals surface area contributed by atoms with Crippen molar-refractivity contribution in [3.63, 3.8) is 0 Å². The van der Waals surface area contributed by atoms with Crippen LogP contribution >= 0.6 is 15.9 Å². The Labute approximate surface area is 178 Å². The maximum absolute atomic E-state index is 12.8. The Hall–Kier alpha value is -2.42. The lowest BCUT2D eigenvalue weighted by molar-refractivity contribution is -0.138. The third kappa shape index (κ3) is 4.77. The van der Waals surface area contributed by atoms with Crippen molar-refractivity contribution in [1.82, 2.24) is 20.4 Å². The molecule has 0 bridgehead atoms. The molecule has 156 valence electrons. The van der Waals surface area contributed by atoms with Crippen LogP contribution in [0.1, 0.15) is 34.8 Å². The molecule has 5 amide bonds. The highest BCUT2D eigenvalue weighted by Gasteiger charge is 2.34. The fourth-order valence-corrected chi connectivity index (χ4v) is 4.19. The van der Waals surface area contributed by atoms with Crippen molar-refractivity contribution in [2.45, 2.75) is 33.2 Å². The number of hydrogen-bond donors (Lipinski definition) is 2. The molecule has 2 unspecified atom stereocenters. The van der Waals surface area contributed by atoms with Crippen molar-refractivity contribution >= 4 is 39.7 Å². The molecule has 2 saturated heterocycles. The van der Waals surface area contributed by atoms with Gasteiger partial charge in [-0.2, -0.15) is 0 Å². The van der Waals surface area contributed by atoms with E-state index in [4.69, 9.17) is 0 Å². The van der Waals surface area contributed by atoms with Crippen molar-refractivity contribution in [3.8, 4) is 0 Å². The molecule has 2 N–H and O–H groups in total. The minimum atomic E-state index is -0.543. The summed E-state index contributed by atoms with van der Waals surface area (Å²) >= 11 is 3.47. The lowest BCUT2D eigenvalue weighted by atomic mass is 9.95. The quantitative estimate of drug-likeness (QED) is 0.660. The topological polar surface area (TPSA) is 98.8 Å². The number of likely N-dealkylation sites (tertiary alicyclic amines) is 1. The van der Waals surface area contributed by atoms with Crippen molar-refractivity contribution in [1.29, 1.82) is 0 Å². The van der Waals surface area contributed by atoms with Gasteiger partial charge in [-0.1, -0.05) is 28.9 Å². The molecule has 2 atom stereocenters. The lowest BCUT2D eigenvalue weighted by Crippen LogP contribution is -2.54. The summed E-state index contributed by atoms with van der Waals surface area (Å²) in [6.45, 7) is 6.41. The average Bonchev–Trinajstić information content (AvgIpc) is 2.96. The Morgan fingerprint density at radius 3 is 2.59 bits per heavy atom. The van der Waals surface area contributed by atoms with E-state index in [9.17, 15) is 19.2 Å². The van der Waals surface area contributed by atoms with Crippen LogP contribution < -0.4 is 10.6 Å². The van der Waals surface area contributed by atoms with Crippen LogP contribution in [0, 0.1) is 19.8 Å². The summed E-state index contributed by atoms with van der Waals surface area (Å²) < 4.78 is 0.871. The molecule has 2 heterocycles. The molecule has 0 radical (unpaired) electrons. The Morgan fingerprint density at radius 2 is 1.93 bits per heavy atom. The molecule has 0 aromatic heterocycles. The van der Waals surface area contributed by atoms with Gasteiger partial charge in [0.15, 0.2) is 0 Å². The van der Waals surface area contributed by atoms with Gasteiger partial charge in [0.2, 0.25) is 5.91 Å². The minimum absolute atomic E-state index is 0.0767. The molecular weight excluding hydrogens is 440 g/mol. The molecular formula is C20H25BrN4O4. The van der Waals surface area contributed by atoms with E-state index in [1.165, 1.54) is 0 Å². The van der Waals surface area contributed by atoms with Crippen molar-refractivity contribution in [2.24, 2.45) is 5.92 Å². The monoisotopic (exact) mass is 464 g/mol. The Bertz CT molecular complexity index is 856. The second-order valence-electron chi connectivity index (χ2n) is 7.86. The molecule has 8 nitrogen and oxygen atoms in total. The second-order valence-corrected chi connectivity index (χ2v) is 8.72. The van der Waals surface area contributed by atoms with Crippen LogP contribution in [0.5, 0.6) is 0 Å². The van der Waals surface area contributed by atoms with E-state index in [-0.39, 0.29) is 36.9 Å². The number of nitrogens with zero attached hydrogens (tertiary/aromatic N) is 2. The first-order valence-electron chi connectivity index (χ1n) is 9.59. The number of hydrogen-bond acceptors (Lipinski definition) is 4. The molecule has 3 rings (SSSR count). The molecule has 1 aromatic rings. The third-order valence-corrected chi connectivity index (χ3v) is 6.18. The van der Waals surface area contributed by atoms with E-state index in [2.05, 4.69) is 26.6 Å². The van der Waals surface area contributed by atoms with Gasteiger partial charge in [-0.15, -0.1) is 0 Å². The molecule has 2 aliphatic rings. The largest absolute Gasteiger partial charge is 0.348 e. The zero-order chi connectivity index (χ0) is 21.3. The van der Waals surface area contributed by atoms with E-state index >= 15 is 0 Å². The molecule has 0 aliphatic carbocycles. The SMILES string of the molecule is Cc1cc(C)c(C(=O)NC2CC(C)CN(C(=O)CN3C(=O)CNC3=O)C2)cc1Br. The zero-order valence-electron chi connectivity index (χ0n) is 16.8. The third-order valence-electron chi connectivity index (χ3n) is 5.33. The van der Waals surface area contributed by atoms with Crippen molar-refractivity contribution in [2.75, 3.05) is 26.2 Å². The summed E-state index contributed by atoms with van der Waals surface area (Å²) in [5.41, 5.74) is 2.54. The smallest absolute Gasteiger partial charge is 0.325 e. The van der Waals surface area contributed by atoms with Crippen LogP contribution in [0.25, 0.3) is 0 Å². The van der Waals surface area contributed by atoms with E-state index in [1.54, 1.807) is 4.90 Å². The van der Waals surface area contributed by atoms with Crippen LogP contribution in [0.2, 0.25) is 0 Å². The van der Waals surface area contributed by atoms with Gasteiger partial charge in [0.25, 0.3) is 11.8 Å². The predicted octanol–water partition coefficient (Wildman–Crippen LogP) is 1.58. The molecule has 0 spiro atoms. The minimum Gasteiger partial charge on any atom is -0.348 e. The van der Waals surface area contributed by atoms with E-state index < -0.39 is 11.9 Å². The van der Waals surface area contributed by atoms with E-state index in [1.807, 2.05) is 32.9 Å². The fourth-order valence-electron chi connectivity index (χ4n) is 3.84. The molecule has 2 fully saturated rings. The van der Waals surface area contributed by atoms with Gasteiger partial charge in [0.05, 0.1) is 6.54 Å². The highest BCUT2D eigenvalue weighted by Crippen LogP contribution is 2.22. The van der Waals surface area contributed by atoms with E-state index in [0.717, 1.165) is 26.9 Å². The number of carbonyl (C=O) groups excluding carboxylic acids is 4. The number of rotatable bonds is 4. The van der Waals surface area contributed by atoms with Gasteiger partial charge in [-0.25, -0.2) is 4.79 Å². The average molecular weight is 465 g/mol. The first-order chi connectivity index (χ1) is 13.7. The number of carbonyl (C=O) groups is 4. The summed E-state index contributed by atoms with van der Waals surface area (Å²) in [5.74, 6) is -0.690. The first-order valence-corrected chi connectivity index (χ1v) is 10.4.